The van der Waals surface area contributed by atoms with Crippen LogP contribution < -0.4 is 4.74 Å². The summed E-state index contributed by atoms with van der Waals surface area (Å²) in [4.78, 5) is 0. The molecule has 0 aromatic heterocycles. The Hall–Kier alpha value is -1.49. The number of hydrogen-bond acceptors (Lipinski definition) is 2. The van der Waals surface area contributed by atoms with Gasteiger partial charge in [-0.05, 0) is 50.2 Å². The first-order valence-corrected chi connectivity index (χ1v) is 7.40. The van der Waals surface area contributed by atoms with Crippen molar-refractivity contribution in [2.45, 2.75) is 59.3 Å². The second-order valence-electron chi connectivity index (χ2n) is 7.05. The molecule has 2 heteroatoms. The summed E-state index contributed by atoms with van der Waals surface area (Å²) in [6.07, 6.45) is 2.94. The first-order chi connectivity index (χ1) is 9.26. The standard InChI is InChI=1S/C18H27NO/c1-17(2,3)15-10-6-7-11-16(15)20-13-9-8-12-18(4,5)14-19/h6-7,10-11H,8-9,12-13H2,1-5H3. The highest BCUT2D eigenvalue weighted by Crippen LogP contribution is 2.31. The third-order valence-electron chi connectivity index (χ3n) is 3.45. The van der Waals surface area contributed by atoms with E-state index in [-0.39, 0.29) is 10.8 Å². The molecule has 0 amide bonds. The molecule has 0 aliphatic heterocycles. The summed E-state index contributed by atoms with van der Waals surface area (Å²) in [5.41, 5.74) is 1.13. The van der Waals surface area contributed by atoms with Crippen LogP contribution in [0.5, 0.6) is 5.75 Å². The quantitative estimate of drug-likeness (QED) is 0.677. The van der Waals surface area contributed by atoms with Gasteiger partial charge in [-0.1, -0.05) is 39.0 Å². The van der Waals surface area contributed by atoms with E-state index in [0.29, 0.717) is 6.61 Å². The summed E-state index contributed by atoms with van der Waals surface area (Å²) in [6, 6.07) is 10.6. The van der Waals surface area contributed by atoms with Gasteiger partial charge in [-0.2, -0.15) is 5.26 Å². The number of ether oxygens (including phenoxy) is 1. The molecule has 110 valence electrons. The van der Waals surface area contributed by atoms with E-state index in [1.165, 1.54) is 5.56 Å². The molecular weight excluding hydrogens is 246 g/mol. The van der Waals surface area contributed by atoms with Crippen molar-refractivity contribution in [2.24, 2.45) is 5.41 Å². The van der Waals surface area contributed by atoms with Gasteiger partial charge < -0.3 is 4.74 Å². The lowest BCUT2D eigenvalue weighted by molar-refractivity contribution is 0.288. The normalized spacial score (nSPS) is 12.0. The van der Waals surface area contributed by atoms with Crippen LogP contribution >= 0.6 is 0 Å². The molecule has 0 aliphatic rings. The highest BCUT2D eigenvalue weighted by Gasteiger charge is 2.18. The van der Waals surface area contributed by atoms with Crippen LogP contribution in [0.3, 0.4) is 0 Å². The van der Waals surface area contributed by atoms with Crippen molar-refractivity contribution in [3.63, 3.8) is 0 Å². The largest absolute Gasteiger partial charge is 0.493 e. The van der Waals surface area contributed by atoms with Gasteiger partial charge in [-0.15, -0.1) is 0 Å². The van der Waals surface area contributed by atoms with E-state index in [1.807, 2.05) is 26.0 Å². The Morgan fingerprint density at radius 3 is 2.30 bits per heavy atom. The fourth-order valence-corrected chi connectivity index (χ4v) is 2.12. The fraction of sp³-hybridized carbons (Fsp3) is 0.611. The number of unbranched alkanes of at least 4 members (excludes halogenated alkanes) is 1. The Bertz CT molecular complexity index is 463. The summed E-state index contributed by atoms with van der Waals surface area (Å²) < 4.78 is 5.93. The molecule has 20 heavy (non-hydrogen) atoms. The molecule has 0 atom stereocenters. The molecule has 1 aromatic rings. The zero-order valence-electron chi connectivity index (χ0n) is 13.5. The molecule has 0 saturated carbocycles. The Morgan fingerprint density at radius 2 is 1.70 bits per heavy atom. The van der Waals surface area contributed by atoms with Gasteiger partial charge in [0.2, 0.25) is 0 Å². The summed E-state index contributed by atoms with van der Waals surface area (Å²) >= 11 is 0. The second kappa shape index (κ2) is 6.79. The van der Waals surface area contributed by atoms with Gasteiger partial charge in [0.1, 0.15) is 5.75 Å². The van der Waals surface area contributed by atoms with Crippen LogP contribution in [0.25, 0.3) is 0 Å². The lowest BCUT2D eigenvalue weighted by Crippen LogP contribution is -2.14. The summed E-state index contributed by atoms with van der Waals surface area (Å²) in [6.45, 7) is 11.3. The Morgan fingerprint density at radius 1 is 1.05 bits per heavy atom. The van der Waals surface area contributed by atoms with Crippen LogP contribution in [0, 0.1) is 16.7 Å². The van der Waals surface area contributed by atoms with Gasteiger partial charge in [0.15, 0.2) is 0 Å². The molecule has 0 heterocycles. The predicted octanol–water partition coefficient (Wildman–Crippen LogP) is 5.08. The molecule has 2 nitrogen and oxygen atoms in total. The molecule has 1 rings (SSSR count). The van der Waals surface area contributed by atoms with Crippen LogP contribution in [0.1, 0.15) is 59.4 Å². The molecule has 1 aromatic carbocycles. The topological polar surface area (TPSA) is 33.0 Å². The van der Waals surface area contributed by atoms with Crippen molar-refractivity contribution in [1.29, 1.82) is 5.26 Å². The molecule has 0 unspecified atom stereocenters. The minimum atomic E-state index is -0.219. The van der Waals surface area contributed by atoms with Gasteiger partial charge in [-0.3, -0.25) is 0 Å². The third kappa shape index (κ3) is 5.25. The SMILES string of the molecule is CC(C)(C#N)CCCCOc1ccccc1C(C)(C)C. The van der Waals surface area contributed by atoms with Gasteiger partial charge in [0.05, 0.1) is 18.1 Å². The highest BCUT2D eigenvalue weighted by atomic mass is 16.5. The van der Waals surface area contributed by atoms with Crippen molar-refractivity contribution < 1.29 is 4.74 Å². The van der Waals surface area contributed by atoms with E-state index in [0.717, 1.165) is 25.0 Å². The lowest BCUT2D eigenvalue weighted by Gasteiger charge is -2.22. The summed E-state index contributed by atoms with van der Waals surface area (Å²) in [7, 11) is 0. The maximum Gasteiger partial charge on any atom is 0.123 e. The van der Waals surface area contributed by atoms with Crippen LogP contribution in [0.15, 0.2) is 24.3 Å². The lowest BCUT2D eigenvalue weighted by atomic mass is 9.86. The number of para-hydroxylation sites is 1. The van der Waals surface area contributed by atoms with E-state index >= 15 is 0 Å². The number of rotatable bonds is 6. The minimum Gasteiger partial charge on any atom is -0.493 e. The van der Waals surface area contributed by atoms with Crippen molar-refractivity contribution in [3.05, 3.63) is 29.8 Å². The first kappa shape index (κ1) is 16.6. The summed E-state index contributed by atoms with van der Waals surface area (Å²) in [5.74, 6) is 0.986. The fourth-order valence-electron chi connectivity index (χ4n) is 2.12. The van der Waals surface area contributed by atoms with E-state index in [9.17, 15) is 0 Å². The minimum absolute atomic E-state index is 0.0966. The van der Waals surface area contributed by atoms with Crippen LogP contribution in [-0.2, 0) is 5.41 Å². The maximum atomic E-state index is 8.97. The first-order valence-electron chi connectivity index (χ1n) is 7.40. The molecular formula is C18H27NO. The number of hydrogen-bond donors (Lipinski definition) is 0. The molecule has 0 saturated heterocycles. The van der Waals surface area contributed by atoms with Gasteiger partial charge in [0, 0.05) is 0 Å². The average molecular weight is 273 g/mol. The van der Waals surface area contributed by atoms with E-state index in [1.54, 1.807) is 0 Å². The Kier molecular flexibility index (Phi) is 5.62. The number of benzene rings is 1. The van der Waals surface area contributed by atoms with Gasteiger partial charge in [0.25, 0.3) is 0 Å². The van der Waals surface area contributed by atoms with Crippen molar-refractivity contribution in [1.82, 2.24) is 0 Å². The molecule has 0 fully saturated rings. The molecule has 0 aliphatic carbocycles. The number of nitriles is 1. The summed E-state index contributed by atoms with van der Waals surface area (Å²) in [5, 5.41) is 8.97. The third-order valence-corrected chi connectivity index (χ3v) is 3.45. The zero-order valence-corrected chi connectivity index (χ0v) is 13.5. The average Bonchev–Trinajstić information content (AvgIpc) is 2.37. The van der Waals surface area contributed by atoms with E-state index in [2.05, 4.69) is 39.0 Å². The van der Waals surface area contributed by atoms with E-state index in [4.69, 9.17) is 10.00 Å². The van der Waals surface area contributed by atoms with E-state index < -0.39 is 0 Å². The van der Waals surface area contributed by atoms with Crippen molar-refractivity contribution >= 4 is 0 Å². The Balaban J connectivity index is 2.46. The van der Waals surface area contributed by atoms with Crippen molar-refractivity contribution in [3.8, 4) is 11.8 Å². The Labute approximate surface area is 123 Å². The van der Waals surface area contributed by atoms with Gasteiger partial charge >= 0.3 is 0 Å². The zero-order chi connectivity index (χ0) is 15.2. The second-order valence-corrected chi connectivity index (χ2v) is 7.05. The molecule has 0 N–H and O–H groups in total. The highest BCUT2D eigenvalue weighted by molar-refractivity contribution is 5.38. The molecule has 0 spiro atoms. The van der Waals surface area contributed by atoms with Crippen molar-refractivity contribution in [2.75, 3.05) is 6.61 Å². The predicted molar refractivity (Wildman–Crippen MR) is 83.9 cm³/mol. The van der Waals surface area contributed by atoms with Crippen LogP contribution in [-0.4, -0.2) is 6.61 Å². The van der Waals surface area contributed by atoms with Crippen LogP contribution in [0.4, 0.5) is 0 Å². The maximum absolute atomic E-state index is 8.97. The van der Waals surface area contributed by atoms with Crippen LogP contribution in [0.2, 0.25) is 0 Å². The smallest absolute Gasteiger partial charge is 0.123 e. The monoisotopic (exact) mass is 273 g/mol. The van der Waals surface area contributed by atoms with Gasteiger partial charge in [-0.25, -0.2) is 0 Å². The molecule has 0 radical (unpaired) electrons. The molecule has 0 bridgehead atoms. The number of nitrogens with zero attached hydrogens (tertiary/aromatic N) is 1.